The number of rotatable bonds is 1. The zero-order chi connectivity index (χ0) is 15.4. The number of hydrogen-bond donors (Lipinski definition) is 1. The van der Waals surface area contributed by atoms with Crippen molar-refractivity contribution in [2.75, 3.05) is 5.73 Å². The van der Waals surface area contributed by atoms with Crippen molar-refractivity contribution in [2.45, 2.75) is 38.8 Å². The summed E-state index contributed by atoms with van der Waals surface area (Å²) in [6.07, 6.45) is -2.04. The third-order valence-electron chi connectivity index (χ3n) is 3.76. The highest BCUT2D eigenvalue weighted by atomic mass is 32.1. The summed E-state index contributed by atoms with van der Waals surface area (Å²) in [5.41, 5.74) is 5.79. The van der Waals surface area contributed by atoms with E-state index in [1.165, 1.54) is 6.92 Å². The van der Waals surface area contributed by atoms with Crippen molar-refractivity contribution >= 4 is 33.0 Å². The van der Waals surface area contributed by atoms with E-state index < -0.39 is 11.7 Å². The molecule has 0 atom stereocenters. The molecule has 2 N–H and O–H groups in total. The van der Waals surface area contributed by atoms with Crippen LogP contribution in [-0.4, -0.2) is 10.8 Å². The number of hydrogen-bond acceptors (Lipinski definition) is 4. The summed E-state index contributed by atoms with van der Waals surface area (Å²) in [5.74, 6) is -0.332. The van der Waals surface area contributed by atoms with Crippen molar-refractivity contribution in [2.24, 2.45) is 0 Å². The molecule has 0 aliphatic heterocycles. The second-order valence-electron chi connectivity index (χ2n) is 5.20. The molecule has 0 saturated heterocycles. The summed E-state index contributed by atoms with van der Waals surface area (Å²) < 4.78 is 40.6. The van der Waals surface area contributed by atoms with Gasteiger partial charge in [0.05, 0.1) is 16.1 Å². The average molecular weight is 314 g/mol. The molecule has 0 spiro atoms. The van der Waals surface area contributed by atoms with Crippen LogP contribution in [0.1, 0.15) is 46.3 Å². The molecule has 0 saturated carbocycles. The number of halogens is 3. The molecule has 3 nitrogen and oxygen atoms in total. The lowest BCUT2D eigenvalue weighted by Gasteiger charge is -2.21. The van der Waals surface area contributed by atoms with E-state index in [1.807, 2.05) is 0 Å². The van der Waals surface area contributed by atoms with Crippen LogP contribution in [0.3, 0.4) is 0 Å². The van der Waals surface area contributed by atoms with Crippen LogP contribution in [0, 0.1) is 0 Å². The predicted octanol–water partition coefficient (Wildman–Crippen LogP) is 3.98. The minimum absolute atomic E-state index is 0.0873. The molecular weight excluding hydrogens is 301 g/mol. The molecule has 0 aromatic carbocycles. The maximum absolute atomic E-state index is 13.5. The van der Waals surface area contributed by atoms with Gasteiger partial charge >= 0.3 is 6.18 Å². The molecule has 112 valence electrons. The molecule has 7 heteroatoms. The standard InChI is InChI=1S/C14H13F3N2OS/c1-6(20)12-11(18)9-10(14(15,16)17)7-4-2-3-5-8(7)19-13(9)21-12/h2-5,18H2,1H3. The Bertz CT molecular complexity index is 749. The van der Waals surface area contributed by atoms with Crippen LogP contribution in [0.4, 0.5) is 18.9 Å². The molecule has 0 fully saturated rings. The van der Waals surface area contributed by atoms with Gasteiger partial charge in [0.25, 0.3) is 0 Å². The number of nitrogens with two attached hydrogens (primary N) is 1. The van der Waals surface area contributed by atoms with E-state index in [1.54, 1.807) is 0 Å². The van der Waals surface area contributed by atoms with Gasteiger partial charge in [-0.25, -0.2) is 4.98 Å². The first kappa shape index (κ1) is 14.3. The van der Waals surface area contributed by atoms with E-state index in [0.717, 1.165) is 17.8 Å². The van der Waals surface area contributed by atoms with Crippen molar-refractivity contribution < 1.29 is 18.0 Å². The molecule has 0 unspecified atom stereocenters. The first-order valence-corrected chi connectivity index (χ1v) is 7.44. The fourth-order valence-electron chi connectivity index (χ4n) is 2.88. The monoisotopic (exact) mass is 314 g/mol. The molecule has 2 aromatic rings. The van der Waals surface area contributed by atoms with Gasteiger partial charge in [0.15, 0.2) is 5.78 Å². The average Bonchev–Trinajstić information content (AvgIpc) is 2.72. The smallest absolute Gasteiger partial charge is 0.397 e. The molecule has 21 heavy (non-hydrogen) atoms. The summed E-state index contributed by atoms with van der Waals surface area (Å²) >= 11 is 0.949. The van der Waals surface area contributed by atoms with Gasteiger partial charge in [-0.1, -0.05) is 0 Å². The van der Waals surface area contributed by atoms with E-state index in [9.17, 15) is 18.0 Å². The van der Waals surface area contributed by atoms with Crippen LogP contribution in [0.15, 0.2) is 0 Å². The maximum Gasteiger partial charge on any atom is 0.417 e. The Labute approximate surface area is 123 Å². The number of nitrogen functional groups attached to an aromatic ring is 1. The van der Waals surface area contributed by atoms with Gasteiger partial charge in [-0.15, -0.1) is 11.3 Å². The van der Waals surface area contributed by atoms with Crippen LogP contribution in [-0.2, 0) is 19.0 Å². The van der Waals surface area contributed by atoms with Crippen molar-refractivity contribution in [1.29, 1.82) is 0 Å². The van der Waals surface area contributed by atoms with Crippen LogP contribution >= 0.6 is 11.3 Å². The summed E-state index contributed by atoms with van der Waals surface area (Å²) in [6.45, 7) is 1.30. The Morgan fingerprint density at radius 1 is 1.29 bits per heavy atom. The first-order chi connectivity index (χ1) is 9.80. The molecule has 2 heterocycles. The number of fused-ring (bicyclic) bond motifs is 2. The van der Waals surface area contributed by atoms with Gasteiger partial charge in [-0.2, -0.15) is 13.2 Å². The number of alkyl halides is 3. The highest BCUT2D eigenvalue weighted by molar-refractivity contribution is 7.21. The molecule has 3 rings (SSSR count). The third-order valence-corrected chi connectivity index (χ3v) is 4.96. The first-order valence-electron chi connectivity index (χ1n) is 6.62. The Morgan fingerprint density at radius 2 is 1.95 bits per heavy atom. The maximum atomic E-state index is 13.5. The molecular formula is C14H13F3N2OS. The number of thiophene rings is 1. The van der Waals surface area contributed by atoms with Crippen LogP contribution in [0.25, 0.3) is 10.2 Å². The summed E-state index contributed by atoms with van der Waals surface area (Å²) in [4.78, 5) is 16.3. The van der Waals surface area contributed by atoms with Crippen LogP contribution < -0.4 is 5.73 Å². The third kappa shape index (κ3) is 2.19. The SMILES string of the molecule is CC(=O)c1sc2nc3c(c(C(F)(F)F)c2c1N)CCCC3. The van der Waals surface area contributed by atoms with E-state index in [0.29, 0.717) is 25.0 Å². The van der Waals surface area contributed by atoms with E-state index in [4.69, 9.17) is 5.73 Å². The largest absolute Gasteiger partial charge is 0.417 e. The fraction of sp³-hybridized carbons (Fsp3) is 0.429. The molecule has 0 amide bonds. The van der Waals surface area contributed by atoms with Crippen molar-refractivity contribution in [3.8, 4) is 0 Å². The molecule has 1 aliphatic rings. The second-order valence-corrected chi connectivity index (χ2v) is 6.20. The predicted molar refractivity (Wildman–Crippen MR) is 75.7 cm³/mol. The number of carbonyl (C=O) groups excluding carboxylic acids is 1. The summed E-state index contributed by atoms with van der Waals surface area (Å²) in [6, 6.07) is 0. The number of ketones is 1. The Morgan fingerprint density at radius 3 is 2.57 bits per heavy atom. The number of Topliss-reactive ketones (excluding diaryl/α,β-unsaturated/α-hetero) is 1. The van der Waals surface area contributed by atoms with Gasteiger partial charge < -0.3 is 5.73 Å². The van der Waals surface area contributed by atoms with Gasteiger partial charge in [0, 0.05) is 18.0 Å². The summed E-state index contributed by atoms with van der Waals surface area (Å²) in [5, 5.41) is -0.0987. The van der Waals surface area contributed by atoms with E-state index >= 15 is 0 Å². The Balaban J connectivity index is 2.44. The van der Waals surface area contributed by atoms with E-state index in [2.05, 4.69) is 4.98 Å². The van der Waals surface area contributed by atoms with Crippen molar-refractivity contribution in [1.82, 2.24) is 4.98 Å². The topological polar surface area (TPSA) is 56.0 Å². The number of aryl methyl sites for hydroxylation is 1. The zero-order valence-electron chi connectivity index (χ0n) is 11.3. The molecule has 1 aliphatic carbocycles. The van der Waals surface area contributed by atoms with E-state index in [-0.39, 0.29) is 32.1 Å². The van der Waals surface area contributed by atoms with Crippen molar-refractivity contribution in [3.63, 3.8) is 0 Å². The minimum atomic E-state index is -4.49. The van der Waals surface area contributed by atoms with Crippen molar-refractivity contribution in [3.05, 3.63) is 21.7 Å². The number of pyridine rings is 1. The number of nitrogens with zero attached hydrogens (tertiary/aromatic N) is 1. The molecule has 2 aromatic heterocycles. The van der Waals surface area contributed by atoms with Gasteiger partial charge in [0.1, 0.15) is 4.83 Å². The summed E-state index contributed by atoms with van der Waals surface area (Å²) in [7, 11) is 0. The van der Waals surface area contributed by atoms with Gasteiger partial charge in [0.2, 0.25) is 0 Å². The lowest BCUT2D eigenvalue weighted by Crippen LogP contribution is -2.16. The van der Waals surface area contributed by atoms with Crippen LogP contribution in [0.2, 0.25) is 0 Å². The quantitative estimate of drug-likeness (QED) is 0.810. The number of anilines is 1. The fourth-order valence-corrected chi connectivity index (χ4v) is 3.90. The Hall–Kier alpha value is -1.63. The normalized spacial score (nSPS) is 15.2. The number of carbonyl (C=O) groups is 1. The second kappa shape index (κ2) is 4.69. The van der Waals surface area contributed by atoms with Gasteiger partial charge in [-0.3, -0.25) is 4.79 Å². The Kier molecular flexibility index (Phi) is 3.20. The molecule has 0 radical (unpaired) electrons. The minimum Gasteiger partial charge on any atom is -0.397 e. The lowest BCUT2D eigenvalue weighted by atomic mass is 9.90. The lowest BCUT2D eigenvalue weighted by molar-refractivity contribution is -0.137. The number of aromatic nitrogens is 1. The van der Waals surface area contributed by atoms with Crippen LogP contribution in [0.5, 0.6) is 0 Å². The highest BCUT2D eigenvalue weighted by Gasteiger charge is 2.39. The highest BCUT2D eigenvalue weighted by Crippen LogP contribution is 2.45. The molecule has 0 bridgehead atoms. The zero-order valence-corrected chi connectivity index (χ0v) is 12.1. The van der Waals surface area contributed by atoms with Gasteiger partial charge in [-0.05, 0) is 31.2 Å².